The summed E-state index contributed by atoms with van der Waals surface area (Å²) in [5.41, 5.74) is -0.903. The molecule has 0 spiro atoms. The molecular weight excluding hydrogens is 534 g/mol. The quantitative estimate of drug-likeness (QED) is 0.251. The van der Waals surface area contributed by atoms with Gasteiger partial charge in [-0.05, 0) is 43.9 Å². The Morgan fingerprint density at radius 2 is 1.85 bits per heavy atom. The maximum absolute atomic E-state index is 14.8. The Morgan fingerprint density at radius 3 is 2.48 bits per heavy atom. The highest BCUT2D eigenvalue weighted by atomic mass is 19.4. The topological polar surface area (TPSA) is 131 Å². The van der Waals surface area contributed by atoms with E-state index in [1.165, 1.54) is 24.5 Å². The van der Waals surface area contributed by atoms with Crippen molar-refractivity contribution in [1.82, 2.24) is 24.9 Å². The van der Waals surface area contributed by atoms with Crippen LogP contribution in [0.4, 0.5) is 35.0 Å². The van der Waals surface area contributed by atoms with Crippen LogP contribution in [0, 0.1) is 5.82 Å². The van der Waals surface area contributed by atoms with Crippen molar-refractivity contribution in [3.05, 3.63) is 66.2 Å². The molecule has 0 saturated heterocycles. The molecule has 1 saturated carbocycles. The number of benzene rings is 1. The molecule has 10 nitrogen and oxygen atoms in total. The molecule has 1 amide bonds. The van der Waals surface area contributed by atoms with E-state index in [4.69, 9.17) is 4.52 Å². The number of aliphatic hydroxyl groups is 1. The third-order valence-corrected chi connectivity index (χ3v) is 6.78. The lowest BCUT2D eigenvalue weighted by Crippen LogP contribution is -2.30. The van der Waals surface area contributed by atoms with Crippen LogP contribution in [0.1, 0.15) is 38.0 Å². The average molecular weight is 560 g/mol. The Morgan fingerprint density at radius 1 is 1.12 bits per heavy atom. The van der Waals surface area contributed by atoms with Gasteiger partial charge in [0, 0.05) is 30.2 Å². The lowest BCUT2D eigenvalue weighted by atomic mass is 10.0. The Bertz CT molecular complexity index is 1530. The Labute approximate surface area is 225 Å². The zero-order valence-electron chi connectivity index (χ0n) is 21.5. The number of nitrogens with zero attached hydrogens (tertiary/aromatic N) is 5. The third-order valence-electron chi connectivity index (χ3n) is 6.78. The van der Waals surface area contributed by atoms with E-state index in [2.05, 4.69) is 30.9 Å². The SMILES string of the molecule is CC(C)(CO)n1cc(Nc2ncc(-c3ccc(CC(=O)Nc4cc(C5(C(F)(F)F)CC5)on4)c(F)c3)cn2)cn1. The average Bonchev–Trinajstić information content (AvgIpc) is 3.38. The third kappa shape index (κ3) is 5.39. The van der Waals surface area contributed by atoms with Gasteiger partial charge in [-0.2, -0.15) is 18.3 Å². The van der Waals surface area contributed by atoms with Gasteiger partial charge in [-0.3, -0.25) is 9.48 Å². The van der Waals surface area contributed by atoms with Crippen molar-refractivity contribution in [3.8, 4) is 11.1 Å². The summed E-state index contributed by atoms with van der Waals surface area (Å²) in [6, 6.07) is 5.33. The largest absolute Gasteiger partial charge is 0.401 e. The fourth-order valence-electron chi connectivity index (χ4n) is 4.05. The molecule has 0 unspecified atom stereocenters. The number of aromatic nitrogens is 5. The second-order valence-corrected chi connectivity index (χ2v) is 10.3. The molecule has 1 fully saturated rings. The van der Waals surface area contributed by atoms with Crippen molar-refractivity contribution in [1.29, 1.82) is 0 Å². The van der Waals surface area contributed by atoms with Crippen LogP contribution in [0.15, 0.2) is 53.6 Å². The van der Waals surface area contributed by atoms with E-state index < -0.39 is 28.9 Å². The van der Waals surface area contributed by atoms with Gasteiger partial charge in [-0.25, -0.2) is 14.4 Å². The zero-order chi connectivity index (χ0) is 28.7. The highest BCUT2D eigenvalue weighted by Gasteiger charge is 2.66. The predicted molar refractivity (Wildman–Crippen MR) is 135 cm³/mol. The highest BCUT2D eigenvalue weighted by Crippen LogP contribution is 2.59. The number of carbonyl (C=O) groups is 1. The van der Waals surface area contributed by atoms with Crippen LogP contribution in [0.5, 0.6) is 0 Å². The Balaban J connectivity index is 1.20. The molecule has 1 aromatic carbocycles. The number of anilines is 3. The second kappa shape index (κ2) is 10.0. The van der Waals surface area contributed by atoms with Gasteiger partial charge in [0.15, 0.2) is 11.6 Å². The molecule has 3 aromatic heterocycles. The van der Waals surface area contributed by atoms with Gasteiger partial charge in [0.25, 0.3) is 0 Å². The fraction of sp³-hybridized carbons (Fsp3) is 0.346. The number of hydrogen-bond donors (Lipinski definition) is 3. The van der Waals surface area contributed by atoms with Crippen LogP contribution < -0.4 is 10.6 Å². The molecule has 3 N–H and O–H groups in total. The first kappa shape index (κ1) is 27.2. The zero-order valence-corrected chi connectivity index (χ0v) is 21.5. The van der Waals surface area contributed by atoms with Crippen LogP contribution in [0.25, 0.3) is 11.1 Å². The number of amides is 1. The normalized spacial score (nSPS) is 14.7. The van der Waals surface area contributed by atoms with E-state index in [1.54, 1.807) is 23.1 Å². The maximum atomic E-state index is 14.8. The number of alkyl halides is 3. The van der Waals surface area contributed by atoms with Crippen LogP contribution in [0.2, 0.25) is 0 Å². The van der Waals surface area contributed by atoms with Crippen molar-refractivity contribution in [2.45, 2.75) is 50.2 Å². The number of rotatable bonds is 9. The van der Waals surface area contributed by atoms with E-state index in [1.807, 2.05) is 13.8 Å². The lowest BCUT2D eigenvalue weighted by molar-refractivity contribution is -0.165. The monoisotopic (exact) mass is 559 g/mol. The number of carbonyl (C=O) groups excluding carboxylic acids is 1. The molecule has 0 bridgehead atoms. The highest BCUT2D eigenvalue weighted by molar-refractivity contribution is 5.91. The maximum Gasteiger partial charge on any atom is 0.401 e. The lowest BCUT2D eigenvalue weighted by Gasteiger charge is -2.21. The molecule has 40 heavy (non-hydrogen) atoms. The molecule has 0 aliphatic heterocycles. The van der Waals surface area contributed by atoms with Gasteiger partial charge >= 0.3 is 6.18 Å². The first-order valence-corrected chi connectivity index (χ1v) is 12.3. The molecule has 4 aromatic rings. The van der Waals surface area contributed by atoms with Gasteiger partial charge in [0.1, 0.15) is 11.2 Å². The first-order valence-electron chi connectivity index (χ1n) is 12.3. The minimum atomic E-state index is -4.47. The van der Waals surface area contributed by atoms with Crippen LogP contribution in [0.3, 0.4) is 0 Å². The molecule has 0 radical (unpaired) electrons. The summed E-state index contributed by atoms with van der Waals surface area (Å²) >= 11 is 0. The molecule has 5 rings (SSSR count). The predicted octanol–water partition coefficient (Wildman–Crippen LogP) is 4.71. The van der Waals surface area contributed by atoms with Crippen LogP contribution in [-0.2, 0) is 22.2 Å². The minimum Gasteiger partial charge on any atom is -0.394 e. The Hall–Kier alpha value is -4.33. The smallest absolute Gasteiger partial charge is 0.394 e. The van der Waals surface area contributed by atoms with Crippen molar-refractivity contribution >= 4 is 23.4 Å². The summed E-state index contributed by atoms with van der Waals surface area (Å²) in [5.74, 6) is -1.54. The number of halogens is 4. The molecule has 0 atom stereocenters. The molecular formula is C26H25F4N7O3. The van der Waals surface area contributed by atoms with E-state index in [-0.39, 0.29) is 49.0 Å². The van der Waals surface area contributed by atoms with Gasteiger partial charge in [0.05, 0.1) is 30.5 Å². The van der Waals surface area contributed by atoms with Crippen molar-refractivity contribution < 1.29 is 32.0 Å². The van der Waals surface area contributed by atoms with Gasteiger partial charge < -0.3 is 20.3 Å². The molecule has 1 aliphatic rings. The summed E-state index contributed by atoms with van der Waals surface area (Å²) < 4.78 is 61.0. The van der Waals surface area contributed by atoms with Gasteiger partial charge in [-0.1, -0.05) is 17.3 Å². The first-order chi connectivity index (χ1) is 18.9. The van der Waals surface area contributed by atoms with Crippen LogP contribution >= 0.6 is 0 Å². The molecule has 14 heteroatoms. The van der Waals surface area contributed by atoms with E-state index in [0.29, 0.717) is 16.8 Å². The summed E-state index contributed by atoms with van der Waals surface area (Å²) in [6.07, 6.45) is 1.27. The summed E-state index contributed by atoms with van der Waals surface area (Å²) in [4.78, 5) is 20.9. The number of aliphatic hydroxyl groups excluding tert-OH is 1. The Kier molecular flexibility index (Phi) is 6.82. The second-order valence-electron chi connectivity index (χ2n) is 10.3. The van der Waals surface area contributed by atoms with E-state index >= 15 is 0 Å². The molecule has 1 aliphatic carbocycles. The summed E-state index contributed by atoms with van der Waals surface area (Å²) in [5, 5.41) is 22.6. The fourth-order valence-corrected chi connectivity index (χ4v) is 4.05. The number of hydrogen-bond acceptors (Lipinski definition) is 8. The standard InChI is InChI=1S/C26H25F4N7O3/c1-24(2,14-38)37-13-18(12-33-37)34-23-31-10-17(11-32-23)15-3-4-16(19(27)7-15)8-22(39)35-21-9-20(40-36-21)25(5-6-25)26(28,29)30/h3-4,7,9-13,38H,5-6,8,14H2,1-2H3,(H,31,32,34)(H,35,36,39). The molecule has 210 valence electrons. The van der Waals surface area contributed by atoms with E-state index in [9.17, 15) is 27.5 Å². The van der Waals surface area contributed by atoms with Crippen LogP contribution in [-0.4, -0.2) is 48.7 Å². The van der Waals surface area contributed by atoms with Gasteiger partial charge in [-0.15, -0.1) is 0 Å². The van der Waals surface area contributed by atoms with Crippen molar-refractivity contribution in [2.24, 2.45) is 0 Å². The summed E-state index contributed by atoms with van der Waals surface area (Å²) in [6.45, 7) is 3.58. The minimum absolute atomic E-state index is 0.0842. The van der Waals surface area contributed by atoms with Crippen molar-refractivity contribution in [3.63, 3.8) is 0 Å². The summed E-state index contributed by atoms with van der Waals surface area (Å²) in [7, 11) is 0. The van der Waals surface area contributed by atoms with Gasteiger partial charge in [0.2, 0.25) is 11.9 Å². The van der Waals surface area contributed by atoms with Crippen molar-refractivity contribution in [2.75, 3.05) is 17.2 Å². The van der Waals surface area contributed by atoms with E-state index in [0.717, 1.165) is 6.07 Å². The number of nitrogens with one attached hydrogen (secondary N) is 2. The molecule has 3 heterocycles.